The van der Waals surface area contributed by atoms with Crippen LogP contribution in [0.25, 0.3) is 0 Å². The van der Waals surface area contributed by atoms with E-state index >= 15 is 0 Å². The lowest BCUT2D eigenvalue weighted by atomic mass is 9.95. The van der Waals surface area contributed by atoms with Crippen molar-refractivity contribution in [2.75, 3.05) is 0 Å². The Morgan fingerprint density at radius 1 is 1.10 bits per heavy atom. The van der Waals surface area contributed by atoms with Gasteiger partial charge < -0.3 is 10.2 Å². The smallest absolute Gasteiger partial charge is 0.242 e. The van der Waals surface area contributed by atoms with Crippen LogP contribution in [-0.2, 0) is 22.6 Å². The first kappa shape index (κ1) is 22.3. The highest BCUT2D eigenvalue weighted by molar-refractivity contribution is 6.30. The third-order valence-electron chi connectivity index (χ3n) is 5.69. The Bertz CT molecular complexity index is 866. The summed E-state index contributed by atoms with van der Waals surface area (Å²) < 4.78 is 14.3. The van der Waals surface area contributed by atoms with Crippen LogP contribution in [0.4, 0.5) is 4.39 Å². The largest absolute Gasteiger partial charge is 0.352 e. The molecule has 6 heteroatoms. The van der Waals surface area contributed by atoms with E-state index in [-0.39, 0.29) is 36.6 Å². The Hall–Kier alpha value is -2.40. The second-order valence-corrected chi connectivity index (χ2v) is 8.37. The van der Waals surface area contributed by atoms with Gasteiger partial charge in [0.15, 0.2) is 0 Å². The summed E-state index contributed by atoms with van der Waals surface area (Å²) in [5, 5.41) is 3.67. The van der Waals surface area contributed by atoms with Crippen molar-refractivity contribution < 1.29 is 14.0 Å². The van der Waals surface area contributed by atoms with E-state index in [1.165, 1.54) is 17.4 Å². The zero-order valence-electron chi connectivity index (χ0n) is 17.2. The molecule has 2 aromatic rings. The lowest BCUT2D eigenvalue weighted by molar-refractivity contribution is -0.140. The second kappa shape index (κ2) is 10.6. The highest BCUT2D eigenvalue weighted by Crippen LogP contribution is 2.19. The van der Waals surface area contributed by atoms with Gasteiger partial charge in [-0.1, -0.05) is 61.2 Å². The maximum absolute atomic E-state index is 14.3. The van der Waals surface area contributed by atoms with Crippen LogP contribution in [-0.4, -0.2) is 28.8 Å². The molecule has 30 heavy (non-hydrogen) atoms. The molecule has 1 N–H and O–H groups in total. The van der Waals surface area contributed by atoms with E-state index in [0.717, 1.165) is 31.2 Å². The van der Waals surface area contributed by atoms with Gasteiger partial charge in [-0.2, -0.15) is 0 Å². The predicted octanol–water partition coefficient (Wildman–Crippen LogP) is 4.89. The topological polar surface area (TPSA) is 49.4 Å². The standard InChI is InChI=1S/C24H28ClFN2O2/c1-17(24(30)27-21-8-3-2-4-9-21)28(16-19-7-5-6-10-22(19)26)23(29)15-18-11-13-20(25)14-12-18/h5-7,10-14,17,21H,2-4,8-9,15-16H2,1H3,(H,27,30). The van der Waals surface area contributed by atoms with Crippen molar-refractivity contribution >= 4 is 23.4 Å². The summed E-state index contributed by atoms with van der Waals surface area (Å²) in [5.41, 5.74) is 1.18. The zero-order chi connectivity index (χ0) is 21.5. The van der Waals surface area contributed by atoms with Crippen molar-refractivity contribution in [2.24, 2.45) is 0 Å². The van der Waals surface area contributed by atoms with Gasteiger partial charge in [0, 0.05) is 23.2 Å². The molecule has 0 aliphatic heterocycles. The van der Waals surface area contributed by atoms with E-state index in [1.54, 1.807) is 49.4 Å². The summed E-state index contributed by atoms with van der Waals surface area (Å²) >= 11 is 5.93. The first-order valence-corrected chi connectivity index (χ1v) is 10.9. The number of carbonyl (C=O) groups excluding carboxylic acids is 2. The molecule has 160 valence electrons. The Labute approximate surface area is 182 Å². The van der Waals surface area contributed by atoms with Crippen molar-refractivity contribution in [3.63, 3.8) is 0 Å². The first-order valence-electron chi connectivity index (χ1n) is 10.5. The average Bonchev–Trinajstić information content (AvgIpc) is 2.75. The molecular formula is C24H28ClFN2O2. The van der Waals surface area contributed by atoms with Gasteiger partial charge in [0.1, 0.15) is 11.9 Å². The van der Waals surface area contributed by atoms with Crippen LogP contribution in [0.2, 0.25) is 5.02 Å². The average molecular weight is 431 g/mol. The number of amides is 2. The minimum absolute atomic E-state index is 0.0400. The van der Waals surface area contributed by atoms with Crippen LogP contribution in [0.15, 0.2) is 48.5 Å². The molecule has 2 amide bonds. The number of carbonyl (C=O) groups is 2. The molecule has 3 rings (SSSR count). The molecule has 0 spiro atoms. The van der Waals surface area contributed by atoms with E-state index in [0.29, 0.717) is 10.6 Å². The molecule has 1 fully saturated rings. The number of nitrogens with zero attached hydrogens (tertiary/aromatic N) is 1. The van der Waals surface area contributed by atoms with Gasteiger partial charge in [-0.05, 0) is 43.5 Å². The molecule has 1 atom stereocenters. The molecule has 0 saturated heterocycles. The molecule has 0 radical (unpaired) electrons. The lowest BCUT2D eigenvalue weighted by Gasteiger charge is -2.31. The van der Waals surface area contributed by atoms with E-state index in [1.807, 2.05) is 0 Å². The van der Waals surface area contributed by atoms with Gasteiger partial charge in [0.2, 0.25) is 11.8 Å². The third-order valence-corrected chi connectivity index (χ3v) is 5.94. The van der Waals surface area contributed by atoms with E-state index in [2.05, 4.69) is 5.32 Å². The Morgan fingerprint density at radius 2 is 1.77 bits per heavy atom. The molecule has 1 aliphatic carbocycles. The monoisotopic (exact) mass is 430 g/mol. The van der Waals surface area contributed by atoms with Crippen molar-refractivity contribution in [2.45, 2.75) is 64.1 Å². The zero-order valence-corrected chi connectivity index (χ0v) is 18.0. The number of halogens is 2. The summed E-state index contributed by atoms with van der Waals surface area (Å²) in [6, 6.07) is 12.8. The summed E-state index contributed by atoms with van der Waals surface area (Å²) in [4.78, 5) is 27.5. The number of rotatable bonds is 7. The van der Waals surface area contributed by atoms with Crippen molar-refractivity contribution in [3.05, 3.63) is 70.5 Å². The van der Waals surface area contributed by atoms with Gasteiger partial charge >= 0.3 is 0 Å². The molecular weight excluding hydrogens is 403 g/mol. The van der Waals surface area contributed by atoms with E-state index < -0.39 is 6.04 Å². The fourth-order valence-electron chi connectivity index (χ4n) is 3.84. The number of nitrogens with one attached hydrogen (secondary N) is 1. The van der Waals surface area contributed by atoms with Gasteiger partial charge in [-0.25, -0.2) is 4.39 Å². The minimum Gasteiger partial charge on any atom is -0.352 e. The molecule has 1 aliphatic rings. The molecule has 0 heterocycles. The number of benzene rings is 2. The quantitative estimate of drug-likeness (QED) is 0.680. The molecule has 1 unspecified atom stereocenters. The van der Waals surface area contributed by atoms with Gasteiger partial charge in [0.25, 0.3) is 0 Å². The fraction of sp³-hybridized carbons (Fsp3) is 0.417. The summed E-state index contributed by atoms with van der Waals surface area (Å²) in [6.45, 7) is 1.75. The molecule has 2 aromatic carbocycles. The van der Waals surface area contributed by atoms with Crippen LogP contribution in [0.1, 0.15) is 50.2 Å². The third kappa shape index (κ3) is 6.05. The molecule has 1 saturated carbocycles. The minimum atomic E-state index is -0.702. The van der Waals surface area contributed by atoms with Crippen molar-refractivity contribution in [1.29, 1.82) is 0 Å². The number of hydrogen-bond acceptors (Lipinski definition) is 2. The van der Waals surface area contributed by atoms with Gasteiger partial charge in [-0.15, -0.1) is 0 Å². The van der Waals surface area contributed by atoms with E-state index in [9.17, 15) is 14.0 Å². The number of hydrogen-bond donors (Lipinski definition) is 1. The molecule has 0 bridgehead atoms. The summed E-state index contributed by atoms with van der Waals surface area (Å²) in [6.07, 6.45) is 5.45. The Morgan fingerprint density at radius 3 is 2.43 bits per heavy atom. The van der Waals surface area contributed by atoms with Crippen LogP contribution in [0.5, 0.6) is 0 Å². The lowest BCUT2D eigenvalue weighted by Crippen LogP contribution is -2.50. The van der Waals surface area contributed by atoms with E-state index in [4.69, 9.17) is 11.6 Å². The highest BCUT2D eigenvalue weighted by atomic mass is 35.5. The Kier molecular flexibility index (Phi) is 7.86. The Balaban J connectivity index is 1.76. The van der Waals surface area contributed by atoms with Crippen LogP contribution < -0.4 is 5.32 Å². The highest BCUT2D eigenvalue weighted by Gasteiger charge is 2.28. The normalized spacial score (nSPS) is 15.4. The second-order valence-electron chi connectivity index (χ2n) is 7.94. The summed E-state index contributed by atoms with van der Waals surface area (Å²) in [7, 11) is 0. The SMILES string of the molecule is CC(C(=O)NC1CCCCC1)N(Cc1ccccc1F)C(=O)Cc1ccc(Cl)cc1. The summed E-state index contributed by atoms with van der Waals surface area (Å²) in [5.74, 6) is -0.809. The van der Waals surface area contributed by atoms with Crippen LogP contribution >= 0.6 is 11.6 Å². The van der Waals surface area contributed by atoms with Crippen LogP contribution in [0.3, 0.4) is 0 Å². The van der Waals surface area contributed by atoms with Gasteiger partial charge in [-0.3, -0.25) is 9.59 Å². The van der Waals surface area contributed by atoms with Crippen molar-refractivity contribution in [3.8, 4) is 0 Å². The molecule has 0 aromatic heterocycles. The first-order chi connectivity index (χ1) is 14.4. The molecule has 4 nitrogen and oxygen atoms in total. The van der Waals surface area contributed by atoms with Crippen LogP contribution in [0, 0.1) is 5.82 Å². The maximum Gasteiger partial charge on any atom is 0.242 e. The fourth-order valence-corrected chi connectivity index (χ4v) is 3.97. The van der Waals surface area contributed by atoms with Gasteiger partial charge in [0.05, 0.1) is 6.42 Å². The van der Waals surface area contributed by atoms with Crippen molar-refractivity contribution in [1.82, 2.24) is 10.2 Å². The maximum atomic E-state index is 14.3. The predicted molar refractivity (Wildman–Crippen MR) is 117 cm³/mol.